The van der Waals surface area contributed by atoms with Crippen molar-refractivity contribution in [1.82, 2.24) is 10.2 Å². The van der Waals surface area contributed by atoms with E-state index in [-0.39, 0.29) is 5.91 Å². The Kier molecular flexibility index (Phi) is 5.92. The molecule has 17 heavy (non-hydrogen) atoms. The molecule has 100 valence electrons. The van der Waals surface area contributed by atoms with Crippen LogP contribution in [0.25, 0.3) is 0 Å². The number of nitrogens with one attached hydrogen (secondary N) is 1. The van der Waals surface area contributed by atoms with Gasteiger partial charge in [0.25, 0.3) is 0 Å². The van der Waals surface area contributed by atoms with Gasteiger partial charge in [0.1, 0.15) is 0 Å². The third-order valence-electron chi connectivity index (χ3n) is 3.67. The number of nitrogens with two attached hydrogens (primary N) is 1. The summed E-state index contributed by atoms with van der Waals surface area (Å²) < 4.78 is 0. The second-order valence-corrected chi connectivity index (χ2v) is 5.28. The highest BCUT2D eigenvalue weighted by Crippen LogP contribution is 2.09. The first-order valence-electron chi connectivity index (χ1n) is 6.86. The second kappa shape index (κ2) is 6.97. The van der Waals surface area contributed by atoms with Crippen LogP contribution in [0.15, 0.2) is 0 Å². The summed E-state index contributed by atoms with van der Waals surface area (Å²) in [6, 6.07) is 0. The summed E-state index contributed by atoms with van der Waals surface area (Å²) in [6.07, 6.45) is 5.94. The Labute approximate surface area is 105 Å². The van der Waals surface area contributed by atoms with Gasteiger partial charge in [-0.2, -0.15) is 0 Å². The number of hydrogen-bond donors (Lipinski definition) is 2. The van der Waals surface area contributed by atoms with Crippen molar-refractivity contribution in [3.8, 4) is 0 Å². The van der Waals surface area contributed by atoms with Crippen LogP contribution in [0, 0.1) is 0 Å². The molecule has 0 spiro atoms. The molecule has 0 aromatic carbocycles. The molecule has 1 fully saturated rings. The molecule has 1 amide bonds. The van der Waals surface area contributed by atoms with Crippen molar-refractivity contribution in [2.75, 3.05) is 26.2 Å². The molecule has 0 bridgehead atoms. The summed E-state index contributed by atoms with van der Waals surface area (Å²) in [4.78, 5) is 14.2. The number of carbonyl (C=O) groups is 1. The Morgan fingerprint density at radius 1 is 1.29 bits per heavy atom. The van der Waals surface area contributed by atoms with Gasteiger partial charge in [-0.3, -0.25) is 4.79 Å². The largest absolute Gasteiger partial charge is 0.353 e. The lowest BCUT2D eigenvalue weighted by Gasteiger charge is -2.24. The average Bonchev–Trinajstić information content (AvgIpc) is 2.57. The van der Waals surface area contributed by atoms with Crippen LogP contribution in [0.4, 0.5) is 0 Å². The van der Waals surface area contributed by atoms with E-state index in [4.69, 9.17) is 5.73 Å². The third-order valence-corrected chi connectivity index (χ3v) is 3.67. The lowest BCUT2D eigenvalue weighted by atomic mass is 10.00. The highest BCUT2D eigenvalue weighted by atomic mass is 16.2. The van der Waals surface area contributed by atoms with Crippen LogP contribution in [0.1, 0.15) is 46.0 Å². The van der Waals surface area contributed by atoms with Gasteiger partial charge >= 0.3 is 0 Å². The van der Waals surface area contributed by atoms with E-state index >= 15 is 0 Å². The Hall–Kier alpha value is -0.610. The lowest BCUT2D eigenvalue weighted by Crippen LogP contribution is -2.52. The zero-order valence-electron chi connectivity index (χ0n) is 11.3. The van der Waals surface area contributed by atoms with Crippen LogP contribution < -0.4 is 11.1 Å². The monoisotopic (exact) mass is 241 g/mol. The minimum atomic E-state index is -0.723. The minimum absolute atomic E-state index is 0.0326. The predicted octanol–water partition coefficient (Wildman–Crippen LogP) is 1.11. The Bertz CT molecular complexity index is 233. The van der Waals surface area contributed by atoms with E-state index in [0.29, 0.717) is 13.0 Å². The quantitative estimate of drug-likeness (QED) is 0.758. The van der Waals surface area contributed by atoms with E-state index in [9.17, 15) is 4.79 Å². The van der Waals surface area contributed by atoms with Crippen molar-refractivity contribution >= 4 is 5.91 Å². The molecule has 0 radical (unpaired) electrons. The van der Waals surface area contributed by atoms with Gasteiger partial charge in [0.05, 0.1) is 5.54 Å². The highest BCUT2D eigenvalue weighted by Gasteiger charge is 2.25. The van der Waals surface area contributed by atoms with Gasteiger partial charge in [0, 0.05) is 13.1 Å². The molecule has 0 aromatic rings. The van der Waals surface area contributed by atoms with Crippen molar-refractivity contribution in [3.63, 3.8) is 0 Å². The van der Waals surface area contributed by atoms with Gasteiger partial charge in [-0.1, -0.05) is 19.8 Å². The number of rotatable bonds is 5. The maximum atomic E-state index is 11.8. The van der Waals surface area contributed by atoms with Crippen molar-refractivity contribution in [3.05, 3.63) is 0 Å². The topological polar surface area (TPSA) is 58.4 Å². The standard InChI is InChI=1S/C13H27N3O/c1-3-13(2,14)12(17)15-8-11-16-9-6-4-5-7-10-16/h3-11,14H2,1-2H3,(H,15,17). The molecule has 1 saturated heterocycles. The average molecular weight is 241 g/mol. The number of nitrogens with zero attached hydrogens (tertiary/aromatic N) is 1. The van der Waals surface area contributed by atoms with Crippen LogP contribution in [0.3, 0.4) is 0 Å². The van der Waals surface area contributed by atoms with Crippen LogP contribution in [-0.2, 0) is 4.79 Å². The summed E-state index contributed by atoms with van der Waals surface area (Å²) in [5.41, 5.74) is 5.15. The molecule has 3 N–H and O–H groups in total. The van der Waals surface area contributed by atoms with Crippen molar-refractivity contribution in [2.24, 2.45) is 5.73 Å². The van der Waals surface area contributed by atoms with E-state index in [1.807, 2.05) is 6.92 Å². The fourth-order valence-corrected chi connectivity index (χ4v) is 2.05. The maximum absolute atomic E-state index is 11.8. The lowest BCUT2D eigenvalue weighted by molar-refractivity contribution is -0.125. The molecule has 1 heterocycles. The normalized spacial score (nSPS) is 21.6. The molecule has 0 aliphatic carbocycles. The van der Waals surface area contributed by atoms with Gasteiger partial charge in [-0.05, 0) is 39.3 Å². The van der Waals surface area contributed by atoms with Crippen molar-refractivity contribution < 1.29 is 4.79 Å². The van der Waals surface area contributed by atoms with Crippen LogP contribution in [0.2, 0.25) is 0 Å². The number of hydrogen-bond acceptors (Lipinski definition) is 3. The molecule has 4 nitrogen and oxygen atoms in total. The maximum Gasteiger partial charge on any atom is 0.239 e. The van der Waals surface area contributed by atoms with E-state index in [0.717, 1.165) is 6.54 Å². The van der Waals surface area contributed by atoms with E-state index in [2.05, 4.69) is 10.2 Å². The smallest absolute Gasteiger partial charge is 0.239 e. The molecule has 4 heteroatoms. The number of carbonyl (C=O) groups excluding carboxylic acids is 1. The van der Waals surface area contributed by atoms with Crippen molar-refractivity contribution in [1.29, 1.82) is 0 Å². The van der Waals surface area contributed by atoms with Gasteiger partial charge in [-0.15, -0.1) is 0 Å². The number of amides is 1. The zero-order chi connectivity index (χ0) is 12.7. The molecule has 0 saturated carbocycles. The first-order chi connectivity index (χ1) is 8.06. The van der Waals surface area contributed by atoms with Gasteiger partial charge in [0.2, 0.25) is 5.91 Å². The third kappa shape index (κ3) is 5.04. The van der Waals surface area contributed by atoms with Gasteiger partial charge in [-0.25, -0.2) is 0 Å². The Balaban J connectivity index is 2.20. The molecule has 1 rings (SSSR count). The summed E-state index contributed by atoms with van der Waals surface area (Å²) >= 11 is 0. The first kappa shape index (κ1) is 14.5. The first-order valence-corrected chi connectivity index (χ1v) is 6.86. The van der Waals surface area contributed by atoms with Crippen LogP contribution in [0.5, 0.6) is 0 Å². The van der Waals surface area contributed by atoms with E-state index in [1.165, 1.54) is 38.8 Å². The fourth-order valence-electron chi connectivity index (χ4n) is 2.05. The zero-order valence-corrected chi connectivity index (χ0v) is 11.3. The SMILES string of the molecule is CCC(C)(N)C(=O)NCCN1CCCCCC1. The second-order valence-electron chi connectivity index (χ2n) is 5.28. The summed E-state index contributed by atoms with van der Waals surface area (Å²) in [7, 11) is 0. The van der Waals surface area contributed by atoms with Gasteiger partial charge in [0.15, 0.2) is 0 Å². The van der Waals surface area contributed by atoms with E-state index < -0.39 is 5.54 Å². The predicted molar refractivity (Wildman–Crippen MR) is 70.8 cm³/mol. The summed E-state index contributed by atoms with van der Waals surface area (Å²) in [5.74, 6) is -0.0326. The summed E-state index contributed by atoms with van der Waals surface area (Å²) in [6.45, 7) is 7.73. The van der Waals surface area contributed by atoms with Gasteiger partial charge < -0.3 is 16.0 Å². The fraction of sp³-hybridized carbons (Fsp3) is 0.923. The summed E-state index contributed by atoms with van der Waals surface area (Å²) in [5, 5.41) is 2.94. The van der Waals surface area contributed by atoms with E-state index in [1.54, 1.807) is 6.92 Å². The molecule has 1 aliphatic rings. The Morgan fingerprint density at radius 3 is 2.41 bits per heavy atom. The number of likely N-dealkylation sites (tertiary alicyclic amines) is 1. The Morgan fingerprint density at radius 2 is 1.88 bits per heavy atom. The molecule has 1 aliphatic heterocycles. The molecular formula is C13H27N3O. The molecule has 0 aromatic heterocycles. The highest BCUT2D eigenvalue weighted by molar-refractivity contribution is 5.85. The van der Waals surface area contributed by atoms with Crippen LogP contribution >= 0.6 is 0 Å². The molecular weight excluding hydrogens is 214 g/mol. The molecule has 1 atom stereocenters. The molecule has 1 unspecified atom stereocenters. The minimum Gasteiger partial charge on any atom is -0.353 e. The van der Waals surface area contributed by atoms with Crippen molar-refractivity contribution in [2.45, 2.75) is 51.5 Å². The van der Waals surface area contributed by atoms with Crippen LogP contribution in [-0.4, -0.2) is 42.5 Å².